The molecule has 0 saturated heterocycles. The number of aromatic nitrogens is 1. The molecule has 0 amide bonds. The van der Waals surface area contributed by atoms with Crippen LogP contribution in [-0.2, 0) is 0 Å². The third-order valence-corrected chi connectivity index (χ3v) is 4.33. The standard InChI is InChI=1S/C15H17FN2S/c1-2-14(17)15(11-5-4-8-18-10-11)19-13-7-3-6-12(16)9-13/h3-10,14-15H,2,17H2,1H3. The van der Waals surface area contributed by atoms with Gasteiger partial charge in [-0.25, -0.2) is 4.39 Å². The van der Waals surface area contributed by atoms with E-state index < -0.39 is 0 Å². The van der Waals surface area contributed by atoms with Gasteiger partial charge in [0.15, 0.2) is 0 Å². The minimum atomic E-state index is -0.222. The van der Waals surface area contributed by atoms with Crippen molar-refractivity contribution in [1.82, 2.24) is 4.98 Å². The minimum absolute atomic E-state index is 0.0115. The van der Waals surface area contributed by atoms with Gasteiger partial charge in [-0.05, 0) is 36.2 Å². The van der Waals surface area contributed by atoms with Crippen LogP contribution in [0.4, 0.5) is 4.39 Å². The maximum atomic E-state index is 13.2. The largest absolute Gasteiger partial charge is 0.326 e. The number of nitrogens with zero attached hydrogens (tertiary/aromatic N) is 1. The van der Waals surface area contributed by atoms with Gasteiger partial charge in [-0.2, -0.15) is 0 Å². The number of halogens is 1. The summed E-state index contributed by atoms with van der Waals surface area (Å²) < 4.78 is 13.2. The molecular formula is C15H17FN2S. The lowest BCUT2D eigenvalue weighted by Gasteiger charge is -2.22. The fraction of sp³-hybridized carbons (Fsp3) is 0.267. The van der Waals surface area contributed by atoms with Gasteiger partial charge in [0.2, 0.25) is 0 Å². The SMILES string of the molecule is CCC(N)C(Sc1cccc(F)c1)c1cccnc1. The van der Waals surface area contributed by atoms with E-state index in [-0.39, 0.29) is 17.1 Å². The summed E-state index contributed by atoms with van der Waals surface area (Å²) in [5.74, 6) is -0.222. The van der Waals surface area contributed by atoms with E-state index in [0.29, 0.717) is 0 Å². The first-order chi connectivity index (χ1) is 9.20. The number of thioether (sulfide) groups is 1. The summed E-state index contributed by atoms with van der Waals surface area (Å²) in [4.78, 5) is 5.03. The van der Waals surface area contributed by atoms with Crippen LogP contribution in [0.15, 0.2) is 53.7 Å². The Morgan fingerprint density at radius 2 is 2.16 bits per heavy atom. The predicted octanol–water partition coefficient (Wildman–Crippen LogP) is 3.79. The lowest BCUT2D eigenvalue weighted by Crippen LogP contribution is -2.25. The molecule has 0 aliphatic carbocycles. The molecule has 1 aromatic heterocycles. The zero-order chi connectivity index (χ0) is 13.7. The van der Waals surface area contributed by atoms with Crippen LogP contribution in [-0.4, -0.2) is 11.0 Å². The Labute approximate surface area is 117 Å². The van der Waals surface area contributed by atoms with Gasteiger partial charge >= 0.3 is 0 Å². The Bertz CT molecular complexity index is 519. The molecule has 0 fully saturated rings. The highest BCUT2D eigenvalue weighted by atomic mass is 32.2. The Hall–Kier alpha value is -1.39. The Morgan fingerprint density at radius 1 is 1.32 bits per heavy atom. The average Bonchev–Trinajstić information content (AvgIpc) is 2.45. The van der Waals surface area contributed by atoms with Gasteiger partial charge in [0.1, 0.15) is 5.82 Å². The molecule has 2 N–H and O–H groups in total. The van der Waals surface area contributed by atoms with Crippen LogP contribution in [0.3, 0.4) is 0 Å². The molecule has 4 heteroatoms. The molecule has 1 heterocycles. The van der Waals surface area contributed by atoms with Crippen molar-refractivity contribution in [2.24, 2.45) is 5.73 Å². The van der Waals surface area contributed by atoms with Crippen LogP contribution in [0.5, 0.6) is 0 Å². The molecule has 2 rings (SSSR count). The normalized spacial score (nSPS) is 14.1. The summed E-state index contributed by atoms with van der Waals surface area (Å²) in [5.41, 5.74) is 7.27. The molecule has 19 heavy (non-hydrogen) atoms. The highest BCUT2D eigenvalue weighted by Gasteiger charge is 2.20. The summed E-state index contributed by atoms with van der Waals surface area (Å²) in [6.07, 6.45) is 4.43. The van der Waals surface area contributed by atoms with Crippen molar-refractivity contribution in [1.29, 1.82) is 0 Å². The maximum absolute atomic E-state index is 13.2. The van der Waals surface area contributed by atoms with Crippen LogP contribution < -0.4 is 5.73 Å². The number of pyridine rings is 1. The molecule has 2 aromatic rings. The van der Waals surface area contributed by atoms with Crippen molar-refractivity contribution in [3.8, 4) is 0 Å². The van der Waals surface area contributed by atoms with Gasteiger partial charge in [0.05, 0.1) is 5.25 Å². The number of rotatable bonds is 5. The lowest BCUT2D eigenvalue weighted by molar-refractivity contribution is 0.621. The van der Waals surface area contributed by atoms with Crippen molar-refractivity contribution in [2.75, 3.05) is 0 Å². The van der Waals surface area contributed by atoms with Crippen molar-refractivity contribution in [3.05, 3.63) is 60.2 Å². The fourth-order valence-corrected chi connectivity index (χ4v) is 3.12. The molecule has 0 aliphatic rings. The minimum Gasteiger partial charge on any atom is -0.326 e. The molecule has 0 bridgehead atoms. The van der Waals surface area contributed by atoms with Crippen molar-refractivity contribution >= 4 is 11.8 Å². The second-order valence-corrected chi connectivity index (χ2v) is 5.57. The quantitative estimate of drug-likeness (QED) is 0.844. The van der Waals surface area contributed by atoms with Gasteiger partial charge < -0.3 is 5.73 Å². The third kappa shape index (κ3) is 3.78. The van der Waals surface area contributed by atoms with Crippen molar-refractivity contribution in [3.63, 3.8) is 0 Å². The van der Waals surface area contributed by atoms with Crippen molar-refractivity contribution in [2.45, 2.75) is 29.5 Å². The molecule has 2 unspecified atom stereocenters. The van der Waals surface area contributed by atoms with Gasteiger partial charge in [-0.3, -0.25) is 4.98 Å². The number of nitrogens with two attached hydrogens (primary N) is 1. The van der Waals surface area contributed by atoms with E-state index in [1.165, 1.54) is 12.1 Å². The third-order valence-electron chi connectivity index (χ3n) is 2.93. The fourth-order valence-electron chi connectivity index (χ4n) is 1.85. The summed E-state index contributed by atoms with van der Waals surface area (Å²) in [6.45, 7) is 2.06. The smallest absolute Gasteiger partial charge is 0.124 e. The van der Waals surface area contributed by atoms with Crippen LogP contribution >= 0.6 is 11.8 Å². The van der Waals surface area contributed by atoms with E-state index in [4.69, 9.17) is 5.73 Å². The van der Waals surface area contributed by atoms with Gasteiger partial charge in [-0.15, -0.1) is 11.8 Å². The first kappa shape index (κ1) is 14.0. The van der Waals surface area contributed by atoms with E-state index in [2.05, 4.69) is 11.9 Å². The predicted molar refractivity (Wildman–Crippen MR) is 77.5 cm³/mol. The topological polar surface area (TPSA) is 38.9 Å². The summed E-state index contributed by atoms with van der Waals surface area (Å²) in [5, 5.41) is 0.0838. The zero-order valence-electron chi connectivity index (χ0n) is 10.8. The highest BCUT2D eigenvalue weighted by Crippen LogP contribution is 2.37. The molecule has 0 radical (unpaired) electrons. The van der Waals surface area contributed by atoms with Crippen molar-refractivity contribution < 1.29 is 4.39 Å². The van der Waals surface area contributed by atoms with Gasteiger partial charge in [0.25, 0.3) is 0 Å². The molecule has 0 aliphatic heterocycles. The second-order valence-electron chi connectivity index (χ2n) is 4.35. The number of hydrogen-bond acceptors (Lipinski definition) is 3. The monoisotopic (exact) mass is 276 g/mol. The lowest BCUT2D eigenvalue weighted by atomic mass is 10.1. The van der Waals surface area contributed by atoms with Crippen LogP contribution in [0.1, 0.15) is 24.2 Å². The van der Waals surface area contributed by atoms with E-state index >= 15 is 0 Å². The summed E-state index contributed by atoms with van der Waals surface area (Å²) >= 11 is 1.58. The van der Waals surface area contributed by atoms with Crippen LogP contribution in [0.25, 0.3) is 0 Å². The average molecular weight is 276 g/mol. The Morgan fingerprint density at radius 3 is 2.79 bits per heavy atom. The molecular weight excluding hydrogens is 259 g/mol. The van der Waals surface area contributed by atoms with Crippen LogP contribution in [0, 0.1) is 5.82 Å². The first-order valence-corrected chi connectivity index (χ1v) is 7.16. The number of benzene rings is 1. The maximum Gasteiger partial charge on any atom is 0.124 e. The molecule has 1 aromatic carbocycles. The molecule has 0 spiro atoms. The van der Waals surface area contributed by atoms with E-state index in [0.717, 1.165) is 16.9 Å². The Balaban J connectivity index is 2.24. The summed E-state index contributed by atoms with van der Waals surface area (Å²) in [6, 6.07) is 10.5. The molecule has 0 saturated carbocycles. The molecule has 2 atom stereocenters. The van der Waals surface area contributed by atoms with Gasteiger partial charge in [-0.1, -0.05) is 19.1 Å². The number of hydrogen-bond donors (Lipinski definition) is 1. The van der Waals surface area contributed by atoms with E-state index in [1.807, 2.05) is 24.4 Å². The van der Waals surface area contributed by atoms with Gasteiger partial charge in [0, 0.05) is 23.3 Å². The zero-order valence-corrected chi connectivity index (χ0v) is 11.6. The molecule has 2 nitrogen and oxygen atoms in total. The highest BCUT2D eigenvalue weighted by molar-refractivity contribution is 7.99. The molecule has 100 valence electrons. The van der Waals surface area contributed by atoms with Crippen LogP contribution in [0.2, 0.25) is 0 Å². The first-order valence-electron chi connectivity index (χ1n) is 6.28. The van der Waals surface area contributed by atoms with E-state index in [1.54, 1.807) is 24.0 Å². The Kier molecular flexibility index (Phi) is 4.93. The second kappa shape index (κ2) is 6.68. The van der Waals surface area contributed by atoms with E-state index in [9.17, 15) is 4.39 Å². The summed E-state index contributed by atoms with van der Waals surface area (Å²) in [7, 11) is 0.